The molecule has 0 radical (unpaired) electrons. The summed E-state index contributed by atoms with van der Waals surface area (Å²) in [5, 5.41) is 0. The van der Waals surface area contributed by atoms with Crippen LogP contribution in [0.2, 0.25) is 0 Å². The van der Waals surface area contributed by atoms with Gasteiger partial charge in [0.15, 0.2) is 0 Å². The Labute approximate surface area is 230 Å². The third-order valence-electron chi connectivity index (χ3n) is 10.0. The molecule has 0 saturated heterocycles. The number of rotatable bonds is 14. The highest BCUT2D eigenvalue weighted by Gasteiger charge is 2.24. The van der Waals surface area contributed by atoms with E-state index in [4.69, 9.17) is 0 Å². The zero-order chi connectivity index (χ0) is 25.7. The van der Waals surface area contributed by atoms with Gasteiger partial charge in [0, 0.05) is 0 Å². The van der Waals surface area contributed by atoms with E-state index in [2.05, 4.69) is 62.4 Å². The van der Waals surface area contributed by atoms with E-state index < -0.39 is 0 Å². The van der Waals surface area contributed by atoms with Crippen LogP contribution in [0.15, 0.2) is 48.5 Å². The molecule has 2 aliphatic rings. The summed E-state index contributed by atoms with van der Waals surface area (Å²) in [4.78, 5) is 0. The van der Waals surface area contributed by atoms with Gasteiger partial charge in [0.25, 0.3) is 0 Å². The minimum Gasteiger partial charge on any atom is -0.0654 e. The van der Waals surface area contributed by atoms with E-state index in [-0.39, 0.29) is 0 Å². The van der Waals surface area contributed by atoms with Crippen LogP contribution in [0.4, 0.5) is 0 Å². The Bertz CT molecular complexity index is 864. The van der Waals surface area contributed by atoms with Crippen LogP contribution in [0.1, 0.15) is 145 Å². The van der Waals surface area contributed by atoms with Crippen LogP contribution in [-0.4, -0.2) is 0 Å². The highest BCUT2D eigenvalue weighted by atomic mass is 14.3. The van der Waals surface area contributed by atoms with Crippen LogP contribution < -0.4 is 0 Å². The molecule has 0 amide bonds. The van der Waals surface area contributed by atoms with Gasteiger partial charge in [-0.15, -0.1) is 0 Å². The molecule has 0 heterocycles. The monoisotopic (exact) mass is 500 g/mol. The molecule has 0 bridgehead atoms. The number of unbranched alkanes of at least 4 members (excludes halogenated alkanes) is 3. The van der Waals surface area contributed by atoms with Crippen LogP contribution >= 0.6 is 0 Å². The second kappa shape index (κ2) is 15.8. The van der Waals surface area contributed by atoms with Gasteiger partial charge in [0.2, 0.25) is 0 Å². The lowest BCUT2D eigenvalue weighted by Gasteiger charge is -2.30. The fourth-order valence-corrected chi connectivity index (χ4v) is 7.43. The Morgan fingerprint density at radius 1 is 0.541 bits per heavy atom. The van der Waals surface area contributed by atoms with Crippen molar-refractivity contribution in [1.82, 2.24) is 0 Å². The van der Waals surface area contributed by atoms with E-state index in [0.717, 1.165) is 23.7 Å². The van der Waals surface area contributed by atoms with E-state index >= 15 is 0 Å². The van der Waals surface area contributed by atoms with Crippen molar-refractivity contribution in [3.63, 3.8) is 0 Å². The molecule has 2 aromatic rings. The average Bonchev–Trinajstić information content (AvgIpc) is 2.96. The fraction of sp³-hybridized carbons (Fsp3) is 0.676. The summed E-state index contributed by atoms with van der Waals surface area (Å²) in [7, 11) is 0. The minimum absolute atomic E-state index is 0.804. The second-order valence-electron chi connectivity index (χ2n) is 12.8. The van der Waals surface area contributed by atoms with Gasteiger partial charge in [-0.2, -0.15) is 0 Å². The van der Waals surface area contributed by atoms with E-state index in [0.29, 0.717) is 0 Å². The Balaban J connectivity index is 1.36. The quantitative estimate of drug-likeness (QED) is 0.226. The first-order chi connectivity index (χ1) is 18.2. The summed E-state index contributed by atoms with van der Waals surface area (Å²) in [5.74, 6) is 3.79. The van der Waals surface area contributed by atoms with Crippen molar-refractivity contribution >= 4 is 0 Å². The molecule has 0 N–H and O–H groups in total. The van der Waals surface area contributed by atoms with Crippen molar-refractivity contribution in [1.29, 1.82) is 0 Å². The van der Waals surface area contributed by atoms with Gasteiger partial charge in [-0.25, -0.2) is 0 Å². The molecule has 0 nitrogen and oxygen atoms in total. The molecule has 37 heavy (non-hydrogen) atoms. The molecule has 0 heteroatoms. The normalized spacial score (nSPS) is 24.3. The Morgan fingerprint density at radius 3 is 1.84 bits per heavy atom. The molecular formula is C37H56. The van der Waals surface area contributed by atoms with Gasteiger partial charge in [0.1, 0.15) is 0 Å². The van der Waals surface area contributed by atoms with Crippen LogP contribution in [-0.2, 0) is 19.3 Å². The summed E-state index contributed by atoms with van der Waals surface area (Å²) in [5.41, 5.74) is 6.45. The molecule has 2 aromatic carbocycles. The molecule has 0 atom stereocenters. The van der Waals surface area contributed by atoms with Crippen LogP contribution in [0, 0.1) is 17.8 Å². The van der Waals surface area contributed by atoms with Crippen LogP contribution in [0.5, 0.6) is 0 Å². The van der Waals surface area contributed by atoms with Crippen LogP contribution in [0.3, 0.4) is 0 Å². The van der Waals surface area contributed by atoms with E-state index in [1.54, 1.807) is 16.7 Å². The number of benzene rings is 2. The molecule has 2 fully saturated rings. The van der Waals surface area contributed by atoms with Gasteiger partial charge in [-0.05, 0) is 97.3 Å². The fourth-order valence-electron chi connectivity index (χ4n) is 7.43. The van der Waals surface area contributed by atoms with Crippen molar-refractivity contribution in [3.8, 4) is 0 Å². The molecule has 0 aliphatic heterocycles. The predicted octanol–water partition coefficient (Wildman–Crippen LogP) is 11.3. The average molecular weight is 501 g/mol. The molecule has 0 unspecified atom stereocenters. The lowest BCUT2D eigenvalue weighted by molar-refractivity contribution is 0.250. The number of hydrogen-bond donors (Lipinski definition) is 0. The highest BCUT2D eigenvalue weighted by Crippen LogP contribution is 2.39. The second-order valence-corrected chi connectivity index (χ2v) is 12.8. The maximum Gasteiger partial charge on any atom is -0.0162 e. The van der Waals surface area contributed by atoms with Crippen molar-refractivity contribution in [2.75, 3.05) is 0 Å². The van der Waals surface area contributed by atoms with E-state index in [1.807, 2.05) is 0 Å². The van der Waals surface area contributed by atoms with Gasteiger partial charge in [-0.1, -0.05) is 133 Å². The molecule has 2 aliphatic carbocycles. The van der Waals surface area contributed by atoms with E-state index in [9.17, 15) is 0 Å². The minimum atomic E-state index is 0.804. The van der Waals surface area contributed by atoms with Crippen molar-refractivity contribution in [3.05, 3.63) is 70.8 Å². The summed E-state index contributed by atoms with van der Waals surface area (Å²) >= 11 is 0. The molecule has 204 valence electrons. The third-order valence-corrected chi connectivity index (χ3v) is 10.0. The first-order valence-electron chi connectivity index (χ1n) is 16.4. The maximum absolute atomic E-state index is 2.68. The van der Waals surface area contributed by atoms with Gasteiger partial charge < -0.3 is 0 Å². The summed E-state index contributed by atoms with van der Waals surface area (Å²) in [6.07, 6.45) is 26.8. The third kappa shape index (κ3) is 9.30. The molecule has 0 aromatic heterocycles. The first kappa shape index (κ1) is 28.4. The zero-order valence-electron chi connectivity index (χ0n) is 24.4. The summed E-state index contributed by atoms with van der Waals surface area (Å²) in [6.45, 7) is 4.67. The summed E-state index contributed by atoms with van der Waals surface area (Å²) < 4.78 is 0. The molecule has 2 saturated carbocycles. The lowest BCUT2D eigenvalue weighted by atomic mass is 9.75. The van der Waals surface area contributed by atoms with Crippen molar-refractivity contribution in [2.45, 2.75) is 142 Å². The zero-order valence-corrected chi connectivity index (χ0v) is 24.4. The molecular weight excluding hydrogens is 444 g/mol. The largest absolute Gasteiger partial charge is 0.0654 e. The predicted molar refractivity (Wildman–Crippen MR) is 162 cm³/mol. The number of hydrogen-bond acceptors (Lipinski definition) is 0. The Hall–Kier alpha value is -1.56. The maximum atomic E-state index is 2.68. The van der Waals surface area contributed by atoms with Crippen molar-refractivity contribution < 1.29 is 0 Å². The molecule has 4 rings (SSSR count). The van der Waals surface area contributed by atoms with E-state index in [1.165, 1.54) is 128 Å². The van der Waals surface area contributed by atoms with Crippen molar-refractivity contribution in [2.24, 2.45) is 17.8 Å². The van der Waals surface area contributed by atoms with Crippen LogP contribution in [0.25, 0.3) is 0 Å². The molecule has 0 spiro atoms. The summed E-state index contributed by atoms with van der Waals surface area (Å²) in [6, 6.07) is 18.8. The Morgan fingerprint density at radius 2 is 1.16 bits per heavy atom. The Kier molecular flexibility index (Phi) is 12.1. The topological polar surface area (TPSA) is 0 Å². The smallest absolute Gasteiger partial charge is 0.0162 e. The SMILES string of the molecule is CCCCCC1CCC(c2ccc(CCc3ccccc3)c(CCC3CCC(CCCC)CC3)c2)CC1. The number of aryl methyl sites for hydroxylation is 3. The first-order valence-corrected chi connectivity index (χ1v) is 16.4. The highest BCUT2D eigenvalue weighted by molar-refractivity contribution is 5.35. The standard InChI is InChI=1S/C37H56/c1-3-5-8-12-32-20-24-34(25-21-32)37-28-27-35(23-19-30-13-9-7-10-14-30)36(29-37)26-22-33-17-15-31(16-18-33)11-6-4-2/h7,9-10,13-14,27-29,31-34H,3-6,8,11-12,15-26H2,1-2H3. The van der Waals surface area contributed by atoms with Gasteiger partial charge in [-0.3, -0.25) is 0 Å². The lowest BCUT2D eigenvalue weighted by Crippen LogP contribution is -2.16. The van der Waals surface area contributed by atoms with Gasteiger partial charge >= 0.3 is 0 Å². The van der Waals surface area contributed by atoms with Gasteiger partial charge in [0.05, 0.1) is 0 Å².